The first-order chi connectivity index (χ1) is 14.6. The summed E-state index contributed by atoms with van der Waals surface area (Å²) in [5.41, 5.74) is 1.14. The van der Waals surface area contributed by atoms with Crippen LogP contribution in [0.1, 0.15) is 21.5 Å². The standard InChI is InChI=1S/C21H21F4NO5/c1-29-17-8-5-14(10-18(20(28)30-2)31-12-21(23,24)25)9-16(17)19(27)26-11-13-3-6-15(22)7-4-13/h3-9,18H,10-12H2,1-2H3,(H,26,27). The number of hydrogen-bond acceptors (Lipinski definition) is 5. The molecule has 2 aromatic rings. The topological polar surface area (TPSA) is 73.9 Å². The Morgan fingerprint density at radius 2 is 1.68 bits per heavy atom. The molecule has 0 spiro atoms. The summed E-state index contributed by atoms with van der Waals surface area (Å²) in [7, 11) is 2.39. The van der Waals surface area contributed by atoms with E-state index in [-0.39, 0.29) is 24.3 Å². The minimum atomic E-state index is -4.61. The van der Waals surface area contributed by atoms with Gasteiger partial charge in [0.05, 0.1) is 19.8 Å². The summed E-state index contributed by atoms with van der Waals surface area (Å²) in [6.07, 6.45) is -6.36. The minimum Gasteiger partial charge on any atom is -0.496 e. The zero-order valence-electron chi connectivity index (χ0n) is 16.8. The number of halogens is 4. The van der Waals surface area contributed by atoms with E-state index < -0.39 is 36.6 Å². The van der Waals surface area contributed by atoms with Crippen molar-refractivity contribution in [1.82, 2.24) is 5.32 Å². The van der Waals surface area contributed by atoms with Crippen molar-refractivity contribution in [3.05, 3.63) is 65.0 Å². The molecule has 0 aromatic heterocycles. The number of rotatable bonds is 9. The third kappa shape index (κ3) is 7.56. The lowest BCUT2D eigenvalue weighted by Gasteiger charge is -2.18. The molecule has 0 fully saturated rings. The number of methoxy groups -OCH3 is 2. The molecular formula is C21H21F4NO5. The van der Waals surface area contributed by atoms with Crippen LogP contribution in [-0.2, 0) is 27.2 Å². The molecule has 1 unspecified atom stereocenters. The molecular weight excluding hydrogens is 422 g/mol. The summed E-state index contributed by atoms with van der Waals surface area (Å²) in [6.45, 7) is -1.50. The monoisotopic (exact) mass is 443 g/mol. The quantitative estimate of drug-likeness (QED) is 0.475. The molecule has 6 nitrogen and oxygen atoms in total. The number of esters is 1. The van der Waals surface area contributed by atoms with Gasteiger partial charge in [-0.2, -0.15) is 13.2 Å². The lowest BCUT2D eigenvalue weighted by molar-refractivity contribution is -0.193. The van der Waals surface area contributed by atoms with E-state index in [9.17, 15) is 27.2 Å². The fourth-order valence-corrected chi connectivity index (χ4v) is 2.69. The fourth-order valence-electron chi connectivity index (χ4n) is 2.69. The summed E-state index contributed by atoms with van der Waals surface area (Å²) in [5, 5.41) is 2.66. The number of alkyl halides is 3. The third-order valence-corrected chi connectivity index (χ3v) is 4.21. The summed E-state index contributed by atoms with van der Waals surface area (Å²) in [4.78, 5) is 24.4. The normalized spacial score (nSPS) is 12.2. The van der Waals surface area contributed by atoms with Gasteiger partial charge in [0.15, 0.2) is 6.10 Å². The second kappa shape index (κ2) is 10.8. The second-order valence-corrected chi connectivity index (χ2v) is 6.49. The van der Waals surface area contributed by atoms with Crippen molar-refractivity contribution in [3.8, 4) is 5.75 Å². The number of ether oxygens (including phenoxy) is 3. The summed E-state index contributed by atoms with van der Waals surface area (Å²) in [5.74, 6) is -1.67. The van der Waals surface area contributed by atoms with Crippen molar-refractivity contribution in [2.75, 3.05) is 20.8 Å². The zero-order chi connectivity index (χ0) is 23.0. The molecule has 0 bridgehead atoms. The van der Waals surface area contributed by atoms with E-state index in [1.165, 1.54) is 49.6 Å². The first kappa shape index (κ1) is 24.1. The molecule has 1 N–H and O–H groups in total. The van der Waals surface area contributed by atoms with Gasteiger partial charge in [0.2, 0.25) is 0 Å². The molecule has 31 heavy (non-hydrogen) atoms. The van der Waals surface area contributed by atoms with Gasteiger partial charge in [0.1, 0.15) is 18.2 Å². The smallest absolute Gasteiger partial charge is 0.411 e. The highest BCUT2D eigenvalue weighted by atomic mass is 19.4. The number of amides is 1. The maximum atomic E-state index is 13.0. The Balaban J connectivity index is 2.16. The van der Waals surface area contributed by atoms with Gasteiger partial charge in [0, 0.05) is 13.0 Å². The van der Waals surface area contributed by atoms with Gasteiger partial charge in [-0.05, 0) is 35.4 Å². The van der Waals surface area contributed by atoms with E-state index in [1.54, 1.807) is 0 Å². The van der Waals surface area contributed by atoms with Crippen LogP contribution in [0.4, 0.5) is 17.6 Å². The predicted octanol–water partition coefficient (Wildman–Crippen LogP) is 3.43. The molecule has 168 valence electrons. The van der Waals surface area contributed by atoms with Crippen LogP contribution in [0.2, 0.25) is 0 Å². The van der Waals surface area contributed by atoms with Crippen molar-refractivity contribution in [3.63, 3.8) is 0 Å². The van der Waals surface area contributed by atoms with E-state index in [0.717, 1.165) is 7.11 Å². The zero-order valence-corrected chi connectivity index (χ0v) is 16.8. The Kier molecular flexibility index (Phi) is 8.38. The fraction of sp³-hybridized carbons (Fsp3) is 0.333. The molecule has 10 heteroatoms. The van der Waals surface area contributed by atoms with Gasteiger partial charge in [-0.25, -0.2) is 9.18 Å². The van der Waals surface area contributed by atoms with Gasteiger partial charge in [-0.15, -0.1) is 0 Å². The maximum absolute atomic E-state index is 13.0. The van der Waals surface area contributed by atoms with Crippen molar-refractivity contribution in [1.29, 1.82) is 0 Å². The summed E-state index contributed by atoms with van der Waals surface area (Å²) >= 11 is 0. The van der Waals surface area contributed by atoms with Crippen LogP contribution in [0, 0.1) is 5.82 Å². The molecule has 0 saturated heterocycles. The molecule has 0 saturated carbocycles. The third-order valence-electron chi connectivity index (χ3n) is 4.21. The highest BCUT2D eigenvalue weighted by molar-refractivity contribution is 5.97. The molecule has 0 aliphatic heterocycles. The highest BCUT2D eigenvalue weighted by Gasteiger charge is 2.32. The summed E-state index contributed by atoms with van der Waals surface area (Å²) < 4.78 is 64.8. The highest BCUT2D eigenvalue weighted by Crippen LogP contribution is 2.23. The Hall–Kier alpha value is -3.14. The van der Waals surface area contributed by atoms with Crippen LogP contribution in [0.25, 0.3) is 0 Å². The van der Waals surface area contributed by atoms with Crippen LogP contribution in [0.5, 0.6) is 5.75 Å². The van der Waals surface area contributed by atoms with Gasteiger partial charge < -0.3 is 19.5 Å². The van der Waals surface area contributed by atoms with Gasteiger partial charge in [-0.3, -0.25) is 4.79 Å². The number of carbonyl (C=O) groups excluding carboxylic acids is 2. The van der Waals surface area contributed by atoms with Crippen LogP contribution >= 0.6 is 0 Å². The summed E-state index contributed by atoms with van der Waals surface area (Å²) in [6, 6.07) is 9.91. The van der Waals surface area contributed by atoms with Crippen LogP contribution < -0.4 is 10.1 Å². The predicted molar refractivity (Wildman–Crippen MR) is 102 cm³/mol. The number of carbonyl (C=O) groups is 2. The molecule has 2 rings (SSSR count). The van der Waals surface area contributed by atoms with Gasteiger partial charge >= 0.3 is 12.1 Å². The minimum absolute atomic E-state index is 0.113. The molecule has 0 radical (unpaired) electrons. The van der Waals surface area contributed by atoms with E-state index in [2.05, 4.69) is 14.8 Å². The molecule has 0 heterocycles. The van der Waals surface area contributed by atoms with E-state index in [1.807, 2.05) is 0 Å². The number of benzene rings is 2. The first-order valence-electron chi connectivity index (χ1n) is 9.08. The first-order valence-corrected chi connectivity index (χ1v) is 9.08. The molecule has 2 aromatic carbocycles. The van der Waals surface area contributed by atoms with Crippen molar-refractivity contribution in [2.45, 2.75) is 25.2 Å². The van der Waals surface area contributed by atoms with Crippen molar-refractivity contribution < 1.29 is 41.4 Å². The lowest BCUT2D eigenvalue weighted by Crippen LogP contribution is -2.32. The molecule has 0 aliphatic rings. The average Bonchev–Trinajstić information content (AvgIpc) is 2.74. The molecule has 1 atom stereocenters. The molecule has 1 amide bonds. The van der Waals surface area contributed by atoms with E-state index in [4.69, 9.17) is 4.74 Å². The van der Waals surface area contributed by atoms with Gasteiger partial charge in [-0.1, -0.05) is 18.2 Å². The number of hydrogen-bond donors (Lipinski definition) is 1. The van der Waals surface area contributed by atoms with E-state index >= 15 is 0 Å². The SMILES string of the molecule is COC(=O)C(Cc1ccc(OC)c(C(=O)NCc2ccc(F)cc2)c1)OCC(F)(F)F. The van der Waals surface area contributed by atoms with Gasteiger partial charge in [0.25, 0.3) is 5.91 Å². The van der Waals surface area contributed by atoms with Crippen molar-refractivity contribution in [2.24, 2.45) is 0 Å². The van der Waals surface area contributed by atoms with Crippen LogP contribution in [0.15, 0.2) is 42.5 Å². The second-order valence-electron chi connectivity index (χ2n) is 6.49. The van der Waals surface area contributed by atoms with Crippen LogP contribution in [0.3, 0.4) is 0 Å². The average molecular weight is 443 g/mol. The Morgan fingerprint density at radius 3 is 2.26 bits per heavy atom. The van der Waals surface area contributed by atoms with Crippen molar-refractivity contribution >= 4 is 11.9 Å². The Labute approximate surface area is 176 Å². The number of nitrogens with one attached hydrogen (secondary N) is 1. The Morgan fingerprint density at radius 1 is 1.03 bits per heavy atom. The maximum Gasteiger partial charge on any atom is 0.411 e. The largest absolute Gasteiger partial charge is 0.496 e. The van der Waals surface area contributed by atoms with E-state index in [0.29, 0.717) is 11.1 Å². The van der Waals surface area contributed by atoms with Crippen LogP contribution in [-0.4, -0.2) is 45.0 Å². The molecule has 0 aliphatic carbocycles. The lowest BCUT2D eigenvalue weighted by atomic mass is 10.0. The Bertz CT molecular complexity index is 900.